The number of ether oxygens (including phenoxy) is 1. The number of rotatable bonds is 6. The van der Waals surface area contributed by atoms with E-state index in [1.807, 2.05) is 0 Å². The smallest absolute Gasteiger partial charge is 0.404 e. The van der Waals surface area contributed by atoms with E-state index in [4.69, 9.17) is 4.74 Å². The summed E-state index contributed by atoms with van der Waals surface area (Å²) < 4.78 is 59.3. The van der Waals surface area contributed by atoms with Gasteiger partial charge in [0.1, 0.15) is 11.7 Å². The summed E-state index contributed by atoms with van der Waals surface area (Å²) >= 11 is 0. The Morgan fingerprint density at radius 3 is 2.51 bits per heavy atom. The Hall–Kier alpha value is -3.22. The lowest BCUT2D eigenvalue weighted by Crippen LogP contribution is -2.57. The highest BCUT2D eigenvalue weighted by Crippen LogP contribution is 2.40. The van der Waals surface area contributed by atoms with E-state index < -0.39 is 18.0 Å². The van der Waals surface area contributed by atoms with Crippen LogP contribution in [-0.2, 0) is 4.79 Å². The molecule has 39 heavy (non-hydrogen) atoms. The number of hydrogen-bond acceptors (Lipinski definition) is 6. The molecule has 9 nitrogen and oxygen atoms in total. The first-order chi connectivity index (χ1) is 18.6. The first-order valence-corrected chi connectivity index (χ1v) is 13.3. The molecule has 3 fully saturated rings. The third-order valence-electron chi connectivity index (χ3n) is 8.28. The highest BCUT2D eigenvalue weighted by Gasteiger charge is 2.48. The molecule has 0 saturated carbocycles. The van der Waals surface area contributed by atoms with Gasteiger partial charge in [-0.05, 0) is 51.1 Å². The number of aromatic amines is 1. The monoisotopic (exact) mass is 552 g/mol. The van der Waals surface area contributed by atoms with Crippen molar-refractivity contribution in [3.8, 4) is 17.1 Å². The molecule has 3 aliphatic heterocycles. The fourth-order valence-electron chi connectivity index (χ4n) is 6.36. The van der Waals surface area contributed by atoms with Crippen molar-refractivity contribution in [2.24, 2.45) is 5.92 Å². The Morgan fingerprint density at radius 2 is 1.87 bits per heavy atom. The van der Waals surface area contributed by atoms with Crippen molar-refractivity contribution in [2.45, 2.75) is 75.8 Å². The fraction of sp³-hybridized carbons (Fsp3) is 0.615. The lowest BCUT2D eigenvalue weighted by Gasteiger charge is -2.41. The quantitative estimate of drug-likeness (QED) is 0.532. The van der Waals surface area contributed by atoms with Crippen LogP contribution in [0.4, 0.5) is 17.6 Å². The predicted octanol–water partition coefficient (Wildman–Crippen LogP) is 3.53. The van der Waals surface area contributed by atoms with Gasteiger partial charge in [-0.2, -0.15) is 18.3 Å². The van der Waals surface area contributed by atoms with E-state index in [2.05, 4.69) is 20.5 Å². The van der Waals surface area contributed by atoms with Gasteiger partial charge in [0, 0.05) is 42.2 Å². The molecular weight excluding hydrogens is 520 g/mol. The average Bonchev–Trinajstić information content (AvgIpc) is 3.50. The Morgan fingerprint density at radius 1 is 1.15 bits per heavy atom. The second kappa shape index (κ2) is 10.7. The Balaban J connectivity index is 1.21. The third-order valence-corrected chi connectivity index (χ3v) is 8.28. The molecule has 3 saturated heterocycles. The molecule has 2 aromatic heterocycles. The number of aromatic nitrogens is 3. The van der Waals surface area contributed by atoms with E-state index in [9.17, 15) is 27.2 Å². The number of hydrogen-bond donors (Lipinski definition) is 2. The predicted molar refractivity (Wildman–Crippen MR) is 132 cm³/mol. The highest BCUT2D eigenvalue weighted by molar-refractivity contribution is 5.94. The summed E-state index contributed by atoms with van der Waals surface area (Å²) in [5.74, 6) is -1.10. The summed E-state index contributed by atoms with van der Waals surface area (Å²) in [4.78, 5) is 33.5. The summed E-state index contributed by atoms with van der Waals surface area (Å²) in [5, 5.41) is 9.82. The van der Waals surface area contributed by atoms with E-state index >= 15 is 0 Å². The number of piperidine rings is 2. The van der Waals surface area contributed by atoms with Crippen LogP contribution >= 0.6 is 0 Å². The summed E-state index contributed by atoms with van der Waals surface area (Å²) in [6.07, 6.45) is -0.511. The zero-order valence-corrected chi connectivity index (χ0v) is 21.8. The van der Waals surface area contributed by atoms with E-state index in [1.54, 1.807) is 11.8 Å². The van der Waals surface area contributed by atoms with Crippen LogP contribution in [0.1, 0.15) is 55.9 Å². The van der Waals surface area contributed by atoms with Gasteiger partial charge in [0.25, 0.3) is 5.91 Å². The van der Waals surface area contributed by atoms with Crippen LogP contribution in [0, 0.1) is 11.7 Å². The van der Waals surface area contributed by atoms with Crippen molar-refractivity contribution in [2.75, 3.05) is 20.2 Å². The largest absolute Gasteiger partial charge is 0.481 e. The minimum atomic E-state index is -4.28. The Kier molecular flexibility index (Phi) is 7.53. The van der Waals surface area contributed by atoms with Gasteiger partial charge >= 0.3 is 6.18 Å². The van der Waals surface area contributed by atoms with E-state index in [1.165, 1.54) is 24.1 Å². The Labute approximate surface area is 223 Å². The molecule has 2 amide bonds. The first kappa shape index (κ1) is 27.4. The van der Waals surface area contributed by atoms with Gasteiger partial charge in [-0.25, -0.2) is 9.37 Å². The Bertz CT molecular complexity index is 1210. The maximum Gasteiger partial charge on any atom is 0.404 e. The molecule has 2 bridgehead atoms. The number of methoxy groups -OCH3 is 1. The van der Waals surface area contributed by atoms with Crippen LogP contribution in [0.2, 0.25) is 0 Å². The number of fused-ring (bicyclic) bond motifs is 2. The number of likely N-dealkylation sites (tertiary alicyclic amines) is 1. The van der Waals surface area contributed by atoms with Crippen LogP contribution in [-0.4, -0.2) is 87.3 Å². The molecule has 13 heteroatoms. The zero-order chi connectivity index (χ0) is 27.9. The number of carbonyl (C=O) groups is 2. The van der Waals surface area contributed by atoms with Gasteiger partial charge in [-0.15, -0.1) is 0 Å². The second-order valence-corrected chi connectivity index (χ2v) is 10.6. The molecule has 0 radical (unpaired) electrons. The van der Waals surface area contributed by atoms with Gasteiger partial charge in [-0.3, -0.25) is 19.6 Å². The summed E-state index contributed by atoms with van der Waals surface area (Å²) in [7, 11) is 1.42. The molecule has 2 aromatic rings. The van der Waals surface area contributed by atoms with E-state index in [0.29, 0.717) is 12.8 Å². The summed E-state index contributed by atoms with van der Waals surface area (Å²) in [6.45, 7) is 2.13. The number of pyridine rings is 1. The second-order valence-electron chi connectivity index (χ2n) is 10.6. The molecule has 0 aliphatic carbocycles. The van der Waals surface area contributed by atoms with E-state index in [-0.39, 0.29) is 84.6 Å². The molecule has 4 atom stereocenters. The van der Waals surface area contributed by atoms with Crippen molar-refractivity contribution in [1.29, 1.82) is 0 Å². The topological polar surface area (TPSA) is 103 Å². The normalized spacial score (nSPS) is 27.4. The number of H-pyrrole nitrogens is 1. The molecular formula is C26H32F4N6O3. The van der Waals surface area contributed by atoms with Crippen LogP contribution in [0.3, 0.4) is 0 Å². The molecule has 0 spiro atoms. The first-order valence-electron chi connectivity index (χ1n) is 13.3. The average molecular weight is 553 g/mol. The van der Waals surface area contributed by atoms with Crippen LogP contribution < -0.4 is 10.1 Å². The standard InChI is InChI=1S/C26H32F4N6O3/c1-3-35-13-15(4-7-22(35)26(28,29)30)32-24(37)14-8-16-5-6-17(9-14)36(16)25(38)21-11-20(33-34-21)18-10-23(39-2)31-12-19(18)27/h10-12,14-17,22H,3-9,13H2,1-2H3,(H,32,37)(H,33,34)/t14?,15-,16?,17?,22+/m0/s1. The van der Waals surface area contributed by atoms with Gasteiger partial charge < -0.3 is 15.0 Å². The third kappa shape index (κ3) is 5.45. The fourth-order valence-corrected chi connectivity index (χ4v) is 6.36. The number of nitrogens with one attached hydrogen (secondary N) is 2. The van der Waals surface area contributed by atoms with Crippen molar-refractivity contribution in [1.82, 2.24) is 30.3 Å². The SMILES string of the molecule is CCN1C[C@@H](NC(=O)C2CC3CCC(C2)N3C(=O)c2cc(-c3cc(OC)ncc3F)n[nH]2)CC[C@@H]1C(F)(F)F. The molecule has 0 aromatic carbocycles. The zero-order valence-electron chi connectivity index (χ0n) is 21.8. The molecule has 212 valence electrons. The van der Waals surface area contributed by atoms with Crippen LogP contribution in [0.25, 0.3) is 11.3 Å². The van der Waals surface area contributed by atoms with Gasteiger partial charge in [-0.1, -0.05) is 6.92 Å². The lowest BCUT2D eigenvalue weighted by atomic mass is 9.88. The number of halogens is 4. The van der Waals surface area contributed by atoms with Gasteiger partial charge in [0.2, 0.25) is 11.8 Å². The number of likely N-dealkylation sites (N-methyl/N-ethyl adjacent to an activating group) is 1. The van der Waals surface area contributed by atoms with Crippen molar-refractivity contribution < 1.29 is 31.9 Å². The van der Waals surface area contributed by atoms with Gasteiger partial charge in [0.05, 0.1) is 19.0 Å². The molecule has 5 rings (SSSR count). The van der Waals surface area contributed by atoms with Crippen LogP contribution in [0.5, 0.6) is 5.88 Å². The summed E-state index contributed by atoms with van der Waals surface area (Å²) in [6, 6.07) is 0.831. The number of amides is 2. The van der Waals surface area contributed by atoms with Crippen LogP contribution in [0.15, 0.2) is 18.3 Å². The van der Waals surface area contributed by atoms with Crippen molar-refractivity contribution in [3.05, 3.63) is 29.8 Å². The molecule has 3 aliphatic rings. The molecule has 5 heterocycles. The molecule has 2 N–H and O–H groups in total. The summed E-state index contributed by atoms with van der Waals surface area (Å²) in [5.41, 5.74) is 0.627. The molecule has 2 unspecified atom stereocenters. The minimum absolute atomic E-state index is 0.0389. The minimum Gasteiger partial charge on any atom is -0.481 e. The number of alkyl halides is 3. The maximum atomic E-state index is 14.3. The van der Waals surface area contributed by atoms with Crippen molar-refractivity contribution >= 4 is 11.8 Å². The maximum absolute atomic E-state index is 14.3. The van der Waals surface area contributed by atoms with Gasteiger partial charge in [0.15, 0.2) is 5.82 Å². The highest BCUT2D eigenvalue weighted by atomic mass is 19.4. The lowest BCUT2D eigenvalue weighted by molar-refractivity contribution is -0.192. The van der Waals surface area contributed by atoms with E-state index in [0.717, 1.165) is 19.0 Å². The van der Waals surface area contributed by atoms with Crippen molar-refractivity contribution in [3.63, 3.8) is 0 Å². The number of carbonyl (C=O) groups excluding carboxylic acids is 2. The number of nitrogens with zero attached hydrogens (tertiary/aromatic N) is 4.